The van der Waals surface area contributed by atoms with E-state index in [9.17, 15) is 4.79 Å². The van der Waals surface area contributed by atoms with Crippen LogP contribution in [0.15, 0.2) is 28.7 Å². The van der Waals surface area contributed by atoms with Gasteiger partial charge in [0.2, 0.25) is 0 Å². The van der Waals surface area contributed by atoms with Crippen molar-refractivity contribution in [1.82, 2.24) is 4.90 Å². The van der Waals surface area contributed by atoms with Crippen molar-refractivity contribution in [2.45, 2.75) is 13.0 Å². The van der Waals surface area contributed by atoms with E-state index in [1.165, 1.54) is 0 Å². The Morgan fingerprint density at radius 1 is 1.41 bits per heavy atom. The highest BCUT2D eigenvalue weighted by Crippen LogP contribution is 2.12. The maximum absolute atomic E-state index is 12.0. The number of ketones is 1. The van der Waals surface area contributed by atoms with Gasteiger partial charge in [-0.3, -0.25) is 9.69 Å². The fraction of sp³-hybridized carbons (Fsp3) is 0.462. The van der Waals surface area contributed by atoms with Crippen LogP contribution in [0.3, 0.4) is 0 Å². The average molecular weight is 316 g/mol. The summed E-state index contributed by atoms with van der Waals surface area (Å²) in [7, 11) is 2.00. The minimum atomic E-state index is 0.174. The highest BCUT2D eigenvalue weighted by molar-refractivity contribution is 9.10. The van der Waals surface area contributed by atoms with Gasteiger partial charge in [0.1, 0.15) is 0 Å². The number of nitrogens with zero attached hydrogens (tertiary/aromatic N) is 1. The van der Waals surface area contributed by atoms with Gasteiger partial charge < -0.3 is 0 Å². The van der Waals surface area contributed by atoms with Crippen molar-refractivity contribution in [3.05, 3.63) is 34.3 Å². The third-order valence-electron chi connectivity index (χ3n) is 2.72. The molecule has 2 nitrogen and oxygen atoms in total. The average Bonchev–Trinajstić information content (AvgIpc) is 2.30. The molecular weight excluding hydrogens is 298 g/mol. The lowest BCUT2D eigenvalue weighted by atomic mass is 10.1. The van der Waals surface area contributed by atoms with Crippen molar-refractivity contribution < 1.29 is 4.79 Å². The van der Waals surface area contributed by atoms with Gasteiger partial charge in [0.15, 0.2) is 5.78 Å². The Labute approximate surface area is 116 Å². The van der Waals surface area contributed by atoms with Gasteiger partial charge in [-0.2, -0.15) is 11.8 Å². The number of likely N-dealkylation sites (N-methyl/N-ethyl adjacent to an activating group) is 1. The molecule has 1 atom stereocenters. The van der Waals surface area contributed by atoms with E-state index < -0.39 is 0 Å². The lowest BCUT2D eigenvalue weighted by Gasteiger charge is -2.23. The van der Waals surface area contributed by atoms with Crippen LogP contribution in [0.4, 0.5) is 0 Å². The van der Waals surface area contributed by atoms with Crippen LogP contribution in [0.1, 0.15) is 17.3 Å². The molecule has 1 unspecified atom stereocenters. The second kappa shape index (κ2) is 7.19. The number of hydrogen-bond donors (Lipinski definition) is 0. The summed E-state index contributed by atoms with van der Waals surface area (Å²) >= 11 is 5.17. The first-order valence-corrected chi connectivity index (χ1v) is 7.71. The molecule has 0 saturated heterocycles. The zero-order chi connectivity index (χ0) is 12.8. The fourth-order valence-electron chi connectivity index (χ4n) is 1.48. The first-order valence-electron chi connectivity index (χ1n) is 5.52. The number of halogens is 1. The molecule has 1 rings (SSSR count). The molecule has 0 amide bonds. The summed E-state index contributed by atoms with van der Waals surface area (Å²) in [4.78, 5) is 14.1. The van der Waals surface area contributed by atoms with Crippen LogP contribution in [-0.2, 0) is 0 Å². The van der Waals surface area contributed by atoms with Crippen LogP contribution in [0.5, 0.6) is 0 Å². The van der Waals surface area contributed by atoms with Crippen molar-refractivity contribution in [2.24, 2.45) is 0 Å². The molecule has 94 valence electrons. The molecule has 0 bridgehead atoms. The SMILES string of the molecule is CSCC(C)N(C)CC(=O)c1ccc(Br)cc1. The third-order valence-corrected chi connectivity index (χ3v) is 4.06. The lowest BCUT2D eigenvalue weighted by Crippen LogP contribution is -2.35. The molecule has 0 aliphatic rings. The van der Waals surface area contributed by atoms with Crippen molar-refractivity contribution in [2.75, 3.05) is 25.6 Å². The number of hydrogen-bond acceptors (Lipinski definition) is 3. The highest BCUT2D eigenvalue weighted by Gasteiger charge is 2.13. The van der Waals surface area contributed by atoms with E-state index in [1.54, 1.807) is 11.8 Å². The quantitative estimate of drug-likeness (QED) is 0.751. The summed E-state index contributed by atoms with van der Waals surface area (Å²) in [6.07, 6.45) is 2.08. The normalized spacial score (nSPS) is 12.8. The Morgan fingerprint density at radius 2 is 2.00 bits per heavy atom. The molecule has 0 N–H and O–H groups in total. The van der Waals surface area contributed by atoms with E-state index >= 15 is 0 Å². The second-order valence-electron chi connectivity index (χ2n) is 4.15. The van der Waals surface area contributed by atoms with Crippen LogP contribution in [0.25, 0.3) is 0 Å². The van der Waals surface area contributed by atoms with Crippen LogP contribution < -0.4 is 0 Å². The Kier molecular flexibility index (Phi) is 6.23. The van der Waals surface area contributed by atoms with Crippen molar-refractivity contribution in [1.29, 1.82) is 0 Å². The Morgan fingerprint density at radius 3 is 2.53 bits per heavy atom. The zero-order valence-corrected chi connectivity index (χ0v) is 12.8. The minimum absolute atomic E-state index is 0.174. The molecule has 4 heteroatoms. The van der Waals surface area contributed by atoms with E-state index in [2.05, 4.69) is 34.0 Å². The van der Waals surface area contributed by atoms with Crippen molar-refractivity contribution in [3.8, 4) is 0 Å². The molecule has 0 spiro atoms. The fourth-order valence-corrected chi connectivity index (χ4v) is 2.48. The van der Waals surface area contributed by atoms with Crippen LogP contribution in [0, 0.1) is 0 Å². The monoisotopic (exact) mass is 315 g/mol. The molecule has 0 saturated carbocycles. The van der Waals surface area contributed by atoms with Crippen LogP contribution in [-0.4, -0.2) is 42.3 Å². The standard InChI is InChI=1S/C13H18BrNOS/c1-10(9-17-3)15(2)8-13(16)11-4-6-12(14)7-5-11/h4-7,10H,8-9H2,1-3H3. The minimum Gasteiger partial charge on any atom is -0.295 e. The van der Waals surface area contributed by atoms with Gasteiger partial charge in [0.25, 0.3) is 0 Å². The second-order valence-corrected chi connectivity index (χ2v) is 5.98. The molecule has 0 aliphatic carbocycles. The molecule has 17 heavy (non-hydrogen) atoms. The highest BCUT2D eigenvalue weighted by atomic mass is 79.9. The number of Topliss-reactive ketones (excluding diaryl/α,β-unsaturated/α-hetero) is 1. The molecule has 0 aliphatic heterocycles. The smallest absolute Gasteiger partial charge is 0.176 e. The van der Waals surface area contributed by atoms with Crippen molar-refractivity contribution in [3.63, 3.8) is 0 Å². The number of carbonyl (C=O) groups excluding carboxylic acids is 1. The Bertz CT molecular complexity index is 366. The first-order chi connectivity index (χ1) is 8.04. The summed E-state index contributed by atoms with van der Waals surface area (Å²) in [5.74, 6) is 1.22. The van der Waals surface area contributed by atoms with E-state index in [1.807, 2.05) is 31.3 Å². The molecule has 0 heterocycles. The molecule has 1 aromatic rings. The molecule has 1 aromatic carbocycles. The Balaban J connectivity index is 2.57. The lowest BCUT2D eigenvalue weighted by molar-refractivity contribution is 0.0931. The maximum Gasteiger partial charge on any atom is 0.176 e. The maximum atomic E-state index is 12.0. The Hall–Kier alpha value is -0.320. The van der Waals surface area contributed by atoms with Gasteiger partial charge in [0.05, 0.1) is 6.54 Å². The number of rotatable bonds is 6. The number of thioether (sulfide) groups is 1. The molecule has 0 fully saturated rings. The van der Waals surface area contributed by atoms with Gasteiger partial charge >= 0.3 is 0 Å². The summed E-state index contributed by atoms with van der Waals surface area (Å²) in [6.45, 7) is 2.62. The zero-order valence-electron chi connectivity index (χ0n) is 10.4. The van der Waals surface area contributed by atoms with Crippen LogP contribution >= 0.6 is 27.7 Å². The predicted octanol–water partition coefficient (Wildman–Crippen LogP) is 3.32. The van der Waals surface area contributed by atoms with Gasteiger partial charge in [-0.05, 0) is 32.4 Å². The van der Waals surface area contributed by atoms with Gasteiger partial charge in [-0.25, -0.2) is 0 Å². The van der Waals surface area contributed by atoms with E-state index in [0.29, 0.717) is 12.6 Å². The van der Waals surface area contributed by atoms with E-state index in [0.717, 1.165) is 15.8 Å². The summed E-state index contributed by atoms with van der Waals surface area (Å²) in [5.41, 5.74) is 0.774. The van der Waals surface area contributed by atoms with Gasteiger partial charge in [-0.1, -0.05) is 28.1 Å². The third kappa shape index (κ3) is 4.82. The molecule has 0 radical (unpaired) electrons. The van der Waals surface area contributed by atoms with E-state index in [4.69, 9.17) is 0 Å². The number of carbonyl (C=O) groups is 1. The molecular formula is C13H18BrNOS. The van der Waals surface area contributed by atoms with Crippen molar-refractivity contribution >= 4 is 33.5 Å². The van der Waals surface area contributed by atoms with Gasteiger partial charge in [-0.15, -0.1) is 0 Å². The summed E-state index contributed by atoms with van der Waals surface area (Å²) < 4.78 is 0.998. The summed E-state index contributed by atoms with van der Waals surface area (Å²) in [5, 5.41) is 0. The van der Waals surface area contributed by atoms with E-state index in [-0.39, 0.29) is 5.78 Å². The molecule has 0 aromatic heterocycles. The topological polar surface area (TPSA) is 20.3 Å². The predicted molar refractivity (Wildman–Crippen MR) is 78.9 cm³/mol. The van der Waals surface area contributed by atoms with Crippen LogP contribution in [0.2, 0.25) is 0 Å². The number of benzene rings is 1. The largest absolute Gasteiger partial charge is 0.295 e. The van der Waals surface area contributed by atoms with Gasteiger partial charge in [0, 0.05) is 21.8 Å². The summed E-state index contributed by atoms with van der Waals surface area (Å²) in [6, 6.07) is 7.94. The first kappa shape index (κ1) is 14.7.